The molecule has 4 rings (SSSR count). The summed E-state index contributed by atoms with van der Waals surface area (Å²) in [4.78, 5) is 14.2. The average Bonchev–Trinajstić information content (AvgIpc) is 3.16. The van der Waals surface area contributed by atoms with Crippen molar-refractivity contribution in [2.75, 3.05) is 13.1 Å². The first-order valence-corrected chi connectivity index (χ1v) is 9.07. The molecule has 2 atom stereocenters. The molecule has 5 nitrogen and oxygen atoms in total. The fraction of sp³-hybridized carbons (Fsp3) is 0.333. The van der Waals surface area contributed by atoms with Gasteiger partial charge < -0.3 is 14.5 Å². The van der Waals surface area contributed by atoms with Gasteiger partial charge in [0.1, 0.15) is 0 Å². The zero-order valence-electron chi connectivity index (χ0n) is 14.8. The Morgan fingerprint density at radius 1 is 1.23 bits per heavy atom. The number of β-amino-alcohol motifs (C(OH)–C–C–N with tert-alkyl or cyclic N) is 1. The van der Waals surface area contributed by atoms with E-state index in [1.54, 1.807) is 11.0 Å². The minimum Gasteiger partial charge on any atom is -0.391 e. The van der Waals surface area contributed by atoms with Crippen LogP contribution in [-0.4, -0.2) is 40.3 Å². The first kappa shape index (κ1) is 16.8. The minimum absolute atomic E-state index is 0.0320. The predicted octanol–water partition coefficient (Wildman–Crippen LogP) is 3.38. The van der Waals surface area contributed by atoms with Gasteiger partial charge in [-0.2, -0.15) is 0 Å². The molecule has 1 saturated heterocycles. The summed E-state index contributed by atoms with van der Waals surface area (Å²) in [6, 6.07) is 16.2. The van der Waals surface area contributed by atoms with E-state index in [4.69, 9.17) is 4.52 Å². The lowest BCUT2D eigenvalue weighted by molar-refractivity contribution is 0.0354. The van der Waals surface area contributed by atoms with E-state index >= 15 is 0 Å². The molecule has 0 unspecified atom stereocenters. The molecule has 0 bridgehead atoms. The minimum atomic E-state index is -0.595. The summed E-state index contributed by atoms with van der Waals surface area (Å²) in [6.45, 7) is 2.86. The van der Waals surface area contributed by atoms with Crippen LogP contribution >= 0.6 is 0 Å². The molecule has 0 spiro atoms. The van der Waals surface area contributed by atoms with Crippen LogP contribution in [0.2, 0.25) is 0 Å². The highest BCUT2D eigenvalue weighted by molar-refractivity contribution is 5.91. The quantitative estimate of drug-likeness (QED) is 0.786. The molecule has 0 radical (unpaired) electrons. The van der Waals surface area contributed by atoms with Gasteiger partial charge in [-0.15, -0.1) is 0 Å². The van der Waals surface area contributed by atoms with E-state index in [0.717, 1.165) is 24.1 Å². The van der Waals surface area contributed by atoms with Gasteiger partial charge in [0.15, 0.2) is 0 Å². The number of carbonyl (C=O) groups excluding carboxylic acids is 1. The van der Waals surface area contributed by atoms with Crippen molar-refractivity contribution in [3.8, 4) is 0 Å². The first-order valence-electron chi connectivity index (χ1n) is 9.07. The normalized spacial score (nSPS) is 20.5. The molecule has 1 amide bonds. The summed E-state index contributed by atoms with van der Waals surface area (Å²) in [7, 11) is 0. The molecule has 26 heavy (non-hydrogen) atoms. The summed E-state index contributed by atoms with van der Waals surface area (Å²) in [5.41, 5.74) is 1.89. The van der Waals surface area contributed by atoms with Crippen molar-refractivity contribution in [3.63, 3.8) is 0 Å². The Kier molecular flexibility index (Phi) is 4.47. The van der Waals surface area contributed by atoms with Crippen LogP contribution < -0.4 is 0 Å². The van der Waals surface area contributed by atoms with E-state index in [1.165, 1.54) is 10.8 Å². The highest BCUT2D eigenvalue weighted by atomic mass is 16.5. The monoisotopic (exact) mass is 350 g/mol. The fourth-order valence-corrected chi connectivity index (χ4v) is 3.68. The predicted molar refractivity (Wildman–Crippen MR) is 99.1 cm³/mol. The second-order valence-electron chi connectivity index (χ2n) is 6.86. The number of benzene rings is 2. The van der Waals surface area contributed by atoms with Gasteiger partial charge in [0, 0.05) is 25.1 Å². The first-order chi connectivity index (χ1) is 12.7. The maximum absolute atomic E-state index is 12.6. The number of piperidine rings is 1. The molecule has 0 saturated carbocycles. The molecule has 1 N–H and O–H groups in total. The third-order valence-electron chi connectivity index (χ3n) is 5.20. The van der Waals surface area contributed by atoms with Crippen molar-refractivity contribution in [3.05, 3.63) is 65.5 Å². The largest absolute Gasteiger partial charge is 0.391 e. The van der Waals surface area contributed by atoms with Crippen LogP contribution in [0.15, 0.2) is 53.1 Å². The Balaban J connectivity index is 1.49. The van der Waals surface area contributed by atoms with Crippen LogP contribution in [0, 0.1) is 0 Å². The lowest BCUT2D eigenvalue weighted by Crippen LogP contribution is -2.45. The van der Waals surface area contributed by atoms with Crippen LogP contribution in [0.4, 0.5) is 0 Å². The highest BCUT2D eigenvalue weighted by Gasteiger charge is 2.32. The average molecular weight is 350 g/mol. The number of likely N-dealkylation sites (tertiary alicyclic amines) is 1. The number of hydrogen-bond acceptors (Lipinski definition) is 4. The number of aryl methyl sites for hydroxylation is 1. The smallest absolute Gasteiger partial charge is 0.292 e. The molecule has 2 aromatic carbocycles. The van der Waals surface area contributed by atoms with Crippen molar-refractivity contribution >= 4 is 16.7 Å². The molecule has 1 aliphatic heterocycles. The van der Waals surface area contributed by atoms with E-state index < -0.39 is 6.10 Å². The molecule has 1 aromatic heterocycles. The van der Waals surface area contributed by atoms with Gasteiger partial charge in [0.25, 0.3) is 5.91 Å². The lowest BCUT2D eigenvalue weighted by Gasteiger charge is -2.35. The van der Waals surface area contributed by atoms with E-state index in [2.05, 4.69) is 35.5 Å². The van der Waals surface area contributed by atoms with E-state index in [1.807, 2.05) is 19.1 Å². The summed E-state index contributed by atoms with van der Waals surface area (Å²) < 4.78 is 5.14. The van der Waals surface area contributed by atoms with Gasteiger partial charge in [-0.25, -0.2) is 0 Å². The summed E-state index contributed by atoms with van der Waals surface area (Å²) in [6.07, 6.45) is 0.853. The molecule has 3 aromatic rings. The van der Waals surface area contributed by atoms with Crippen LogP contribution in [0.1, 0.15) is 41.1 Å². The maximum atomic E-state index is 12.6. The Morgan fingerprint density at radius 2 is 2.04 bits per heavy atom. The molecular weight excluding hydrogens is 328 g/mol. The van der Waals surface area contributed by atoms with Crippen LogP contribution in [0.3, 0.4) is 0 Å². The van der Waals surface area contributed by atoms with Gasteiger partial charge in [0.05, 0.1) is 11.8 Å². The Morgan fingerprint density at radius 3 is 2.77 bits per heavy atom. The number of carbonyl (C=O) groups is 1. The van der Waals surface area contributed by atoms with Gasteiger partial charge in [-0.3, -0.25) is 4.79 Å². The third-order valence-corrected chi connectivity index (χ3v) is 5.20. The summed E-state index contributed by atoms with van der Waals surface area (Å²) in [5, 5.41) is 16.9. The molecule has 0 aliphatic carbocycles. The van der Waals surface area contributed by atoms with Gasteiger partial charge in [-0.1, -0.05) is 54.5 Å². The number of hydrogen-bond donors (Lipinski definition) is 1. The summed E-state index contributed by atoms with van der Waals surface area (Å²) in [5.74, 6) is 0.0796. The Hall–Kier alpha value is -2.66. The zero-order valence-corrected chi connectivity index (χ0v) is 14.8. The number of aromatic nitrogens is 1. The van der Waals surface area contributed by atoms with Gasteiger partial charge in [-0.05, 0) is 29.2 Å². The van der Waals surface area contributed by atoms with E-state index in [9.17, 15) is 9.90 Å². The molecule has 5 heteroatoms. The van der Waals surface area contributed by atoms with Crippen molar-refractivity contribution in [2.45, 2.75) is 31.8 Å². The number of rotatable bonds is 3. The SMILES string of the molecule is CCc1cc(C(=O)N2CC[C@H](c3ccc4ccccc4c3)[C@@H](O)C2)on1. The summed E-state index contributed by atoms with van der Waals surface area (Å²) >= 11 is 0. The maximum Gasteiger partial charge on any atom is 0.292 e. The molecule has 1 fully saturated rings. The molecule has 2 heterocycles. The molecule has 134 valence electrons. The Labute approximate surface area is 152 Å². The number of amides is 1. The van der Waals surface area contributed by atoms with Gasteiger partial charge in [0.2, 0.25) is 5.76 Å². The number of fused-ring (bicyclic) bond motifs is 1. The van der Waals surface area contributed by atoms with Crippen molar-refractivity contribution in [1.29, 1.82) is 0 Å². The third kappa shape index (κ3) is 3.10. The second kappa shape index (κ2) is 6.92. The molecule has 1 aliphatic rings. The number of aliphatic hydroxyl groups is 1. The van der Waals surface area contributed by atoms with Crippen molar-refractivity contribution in [1.82, 2.24) is 10.1 Å². The second-order valence-corrected chi connectivity index (χ2v) is 6.86. The molecular formula is C21H22N2O3. The number of aliphatic hydroxyl groups excluding tert-OH is 1. The Bertz CT molecular complexity index is 934. The van der Waals surface area contributed by atoms with E-state index in [0.29, 0.717) is 13.1 Å². The zero-order chi connectivity index (χ0) is 18.1. The lowest BCUT2D eigenvalue weighted by atomic mass is 9.86. The highest BCUT2D eigenvalue weighted by Crippen LogP contribution is 2.31. The van der Waals surface area contributed by atoms with Crippen LogP contribution in [-0.2, 0) is 6.42 Å². The van der Waals surface area contributed by atoms with Crippen LogP contribution in [0.25, 0.3) is 10.8 Å². The fourth-order valence-electron chi connectivity index (χ4n) is 3.68. The topological polar surface area (TPSA) is 66.6 Å². The number of nitrogens with zero attached hydrogens (tertiary/aromatic N) is 2. The van der Waals surface area contributed by atoms with Crippen LogP contribution in [0.5, 0.6) is 0 Å². The van der Waals surface area contributed by atoms with Crippen molar-refractivity contribution in [2.24, 2.45) is 0 Å². The standard InChI is InChI=1S/C21H22N2O3/c1-2-17-12-20(26-22-17)21(25)23-10-9-18(19(24)13-23)16-8-7-14-5-3-4-6-15(14)11-16/h3-8,11-12,18-19,24H,2,9-10,13H2,1H3/t18-,19+/m1/s1. The van der Waals surface area contributed by atoms with E-state index in [-0.39, 0.29) is 17.6 Å². The van der Waals surface area contributed by atoms with Gasteiger partial charge >= 0.3 is 0 Å². The van der Waals surface area contributed by atoms with Crippen molar-refractivity contribution < 1.29 is 14.4 Å².